The number of primary amides is 2. The number of pyridine rings is 1. The maximum absolute atomic E-state index is 13.0. The lowest BCUT2D eigenvalue weighted by atomic mass is 9.93. The van der Waals surface area contributed by atoms with E-state index in [9.17, 15) is 19.2 Å². The first-order valence-corrected chi connectivity index (χ1v) is 10.4. The second-order valence-corrected chi connectivity index (χ2v) is 8.44. The highest BCUT2D eigenvalue weighted by molar-refractivity contribution is 7.14. The summed E-state index contributed by atoms with van der Waals surface area (Å²) >= 11 is 1.22. The molecule has 3 heterocycles. The van der Waals surface area contributed by atoms with Gasteiger partial charge in [0.2, 0.25) is 5.88 Å². The summed E-state index contributed by atoms with van der Waals surface area (Å²) in [7, 11) is 1.34. The van der Waals surface area contributed by atoms with Crippen LogP contribution in [0.3, 0.4) is 0 Å². The lowest BCUT2D eigenvalue weighted by Crippen LogP contribution is -2.46. The maximum atomic E-state index is 13.0. The molecule has 2 aromatic rings. The van der Waals surface area contributed by atoms with Gasteiger partial charge >= 0.3 is 11.8 Å². The molecule has 0 saturated carbocycles. The number of piperidine rings is 1. The summed E-state index contributed by atoms with van der Waals surface area (Å²) < 4.78 is 4.97. The molecule has 4 amide bonds. The highest BCUT2D eigenvalue weighted by Crippen LogP contribution is 2.37. The van der Waals surface area contributed by atoms with Crippen molar-refractivity contribution >= 4 is 40.7 Å². The molecular weight excluding hydrogens is 422 g/mol. The minimum Gasteiger partial charge on any atom is -0.480 e. The van der Waals surface area contributed by atoms with Crippen LogP contribution in [0.5, 0.6) is 5.88 Å². The minimum absolute atomic E-state index is 0.0182. The smallest absolute Gasteiger partial charge is 0.313 e. The van der Waals surface area contributed by atoms with Crippen LogP contribution in [0.1, 0.15) is 50.7 Å². The predicted octanol–water partition coefficient (Wildman–Crippen LogP) is 1.29. The standard InChI is InChI=1S/C20H23N5O5S/c1-10-3-4-13(14-5-6-15(31-14)17(22)27)25(9-10)20(29)18(28)24-11-7-12(16(21)26)19(30-2)23-8-11/h5-8,10,13H,3-4,9H2,1-2H3,(H2,21,26)(H2,22,27)(H,24,28). The number of carbonyl (C=O) groups is 4. The fourth-order valence-corrected chi connectivity index (χ4v) is 4.52. The Morgan fingerprint density at radius 1 is 1.19 bits per heavy atom. The molecule has 0 spiro atoms. The van der Waals surface area contributed by atoms with E-state index in [4.69, 9.17) is 16.2 Å². The lowest BCUT2D eigenvalue weighted by molar-refractivity contribution is -0.146. The molecule has 3 rings (SSSR count). The fourth-order valence-electron chi connectivity index (χ4n) is 3.51. The first-order chi connectivity index (χ1) is 14.7. The van der Waals surface area contributed by atoms with E-state index in [2.05, 4.69) is 10.3 Å². The van der Waals surface area contributed by atoms with E-state index in [1.807, 2.05) is 6.92 Å². The number of carbonyl (C=O) groups excluding carboxylic acids is 4. The summed E-state index contributed by atoms with van der Waals surface area (Å²) in [5, 5.41) is 2.47. The highest BCUT2D eigenvalue weighted by atomic mass is 32.1. The molecule has 0 radical (unpaired) electrons. The Labute approximate surface area is 182 Å². The van der Waals surface area contributed by atoms with Crippen LogP contribution in [0.4, 0.5) is 5.69 Å². The number of aromatic nitrogens is 1. The Morgan fingerprint density at radius 2 is 1.94 bits per heavy atom. The van der Waals surface area contributed by atoms with E-state index in [0.29, 0.717) is 17.8 Å². The second-order valence-electron chi connectivity index (χ2n) is 7.32. The van der Waals surface area contributed by atoms with Gasteiger partial charge in [-0.15, -0.1) is 11.3 Å². The van der Waals surface area contributed by atoms with Crippen LogP contribution < -0.4 is 21.5 Å². The topological polar surface area (TPSA) is 158 Å². The number of methoxy groups -OCH3 is 1. The average molecular weight is 446 g/mol. The monoisotopic (exact) mass is 445 g/mol. The quantitative estimate of drug-likeness (QED) is 0.588. The number of nitrogens with two attached hydrogens (primary N) is 2. The van der Waals surface area contributed by atoms with Gasteiger partial charge in [-0.1, -0.05) is 6.92 Å². The van der Waals surface area contributed by atoms with Crippen molar-refractivity contribution in [2.75, 3.05) is 19.0 Å². The van der Waals surface area contributed by atoms with Crippen molar-refractivity contribution in [2.24, 2.45) is 17.4 Å². The molecule has 164 valence electrons. The molecule has 1 saturated heterocycles. The van der Waals surface area contributed by atoms with Crippen molar-refractivity contribution in [3.8, 4) is 5.88 Å². The zero-order chi connectivity index (χ0) is 22.7. The van der Waals surface area contributed by atoms with Gasteiger partial charge in [0.05, 0.1) is 29.9 Å². The van der Waals surface area contributed by atoms with E-state index in [1.54, 1.807) is 12.1 Å². The summed E-state index contributed by atoms with van der Waals surface area (Å²) in [5.74, 6) is -2.67. The van der Waals surface area contributed by atoms with Crippen molar-refractivity contribution in [3.05, 3.63) is 39.7 Å². The third kappa shape index (κ3) is 4.82. The fraction of sp³-hybridized carbons (Fsp3) is 0.350. The molecule has 1 fully saturated rings. The number of anilines is 1. The average Bonchev–Trinajstić information content (AvgIpc) is 3.23. The van der Waals surface area contributed by atoms with Crippen molar-refractivity contribution in [1.29, 1.82) is 0 Å². The van der Waals surface area contributed by atoms with Gasteiger partial charge < -0.3 is 26.4 Å². The number of hydrogen-bond donors (Lipinski definition) is 3. The Kier molecular flexibility index (Phi) is 6.54. The first-order valence-electron chi connectivity index (χ1n) is 9.56. The summed E-state index contributed by atoms with van der Waals surface area (Å²) in [6, 6.07) is 4.35. The summed E-state index contributed by atoms with van der Waals surface area (Å²) in [4.78, 5) is 55.3. The van der Waals surface area contributed by atoms with Gasteiger partial charge in [-0.25, -0.2) is 4.98 Å². The number of ether oxygens (including phenoxy) is 1. The molecule has 11 heteroatoms. The molecule has 2 atom stereocenters. The van der Waals surface area contributed by atoms with Crippen molar-refractivity contribution in [1.82, 2.24) is 9.88 Å². The zero-order valence-corrected chi connectivity index (χ0v) is 17.9. The molecule has 0 aromatic carbocycles. The van der Waals surface area contributed by atoms with Crippen molar-refractivity contribution < 1.29 is 23.9 Å². The van der Waals surface area contributed by atoms with Gasteiger partial charge in [-0.05, 0) is 37.0 Å². The molecule has 2 unspecified atom stereocenters. The van der Waals surface area contributed by atoms with E-state index >= 15 is 0 Å². The summed E-state index contributed by atoms with van der Waals surface area (Å²) in [5.41, 5.74) is 10.8. The third-order valence-corrected chi connectivity index (χ3v) is 6.24. The number of likely N-dealkylation sites (tertiary alicyclic amines) is 1. The van der Waals surface area contributed by atoms with Gasteiger partial charge in [0, 0.05) is 11.4 Å². The molecule has 2 aromatic heterocycles. The number of nitrogens with zero attached hydrogens (tertiary/aromatic N) is 2. The van der Waals surface area contributed by atoms with Gasteiger partial charge in [0.1, 0.15) is 5.56 Å². The van der Waals surface area contributed by atoms with E-state index in [-0.39, 0.29) is 29.1 Å². The van der Waals surface area contributed by atoms with Crippen molar-refractivity contribution in [3.63, 3.8) is 0 Å². The predicted molar refractivity (Wildman–Crippen MR) is 114 cm³/mol. The van der Waals surface area contributed by atoms with E-state index in [0.717, 1.165) is 11.3 Å². The molecular formula is C20H23N5O5S. The van der Waals surface area contributed by atoms with Gasteiger partial charge in [-0.3, -0.25) is 19.2 Å². The second kappa shape index (κ2) is 9.13. The number of nitrogens with one attached hydrogen (secondary N) is 1. The summed E-state index contributed by atoms with van der Waals surface area (Å²) in [6.45, 7) is 2.40. The van der Waals surface area contributed by atoms with Crippen LogP contribution >= 0.6 is 11.3 Å². The van der Waals surface area contributed by atoms with E-state index < -0.39 is 23.6 Å². The molecule has 10 nitrogen and oxygen atoms in total. The molecule has 0 aliphatic carbocycles. The Balaban J connectivity index is 1.81. The first kappa shape index (κ1) is 22.2. The van der Waals surface area contributed by atoms with Gasteiger partial charge in [0.15, 0.2) is 0 Å². The number of amides is 4. The lowest BCUT2D eigenvalue weighted by Gasteiger charge is -2.37. The molecule has 5 N–H and O–H groups in total. The van der Waals surface area contributed by atoms with Crippen LogP contribution in [0.25, 0.3) is 0 Å². The Bertz CT molecular complexity index is 1040. The van der Waals surface area contributed by atoms with Crippen LogP contribution in [0.2, 0.25) is 0 Å². The highest BCUT2D eigenvalue weighted by Gasteiger charge is 2.35. The van der Waals surface area contributed by atoms with Gasteiger partial charge in [-0.2, -0.15) is 0 Å². The molecule has 0 bridgehead atoms. The Hall–Kier alpha value is -3.47. The van der Waals surface area contributed by atoms with Crippen LogP contribution in [-0.2, 0) is 9.59 Å². The SMILES string of the molecule is COc1ncc(NC(=O)C(=O)N2CC(C)CCC2c2ccc(C(N)=O)s2)cc1C(N)=O. The third-order valence-electron chi connectivity index (χ3n) is 5.04. The zero-order valence-electron chi connectivity index (χ0n) is 17.1. The number of rotatable bonds is 5. The normalized spacial score (nSPS) is 18.3. The largest absolute Gasteiger partial charge is 0.480 e. The minimum atomic E-state index is -0.867. The van der Waals surface area contributed by atoms with Crippen LogP contribution in [0, 0.1) is 5.92 Å². The molecule has 31 heavy (non-hydrogen) atoms. The summed E-state index contributed by atoms with van der Waals surface area (Å²) in [6.07, 6.45) is 2.81. The molecule has 1 aliphatic heterocycles. The Morgan fingerprint density at radius 3 is 2.55 bits per heavy atom. The van der Waals surface area contributed by atoms with Crippen LogP contribution in [-0.4, -0.2) is 47.2 Å². The number of thiophene rings is 1. The van der Waals surface area contributed by atoms with Crippen molar-refractivity contribution in [2.45, 2.75) is 25.8 Å². The van der Waals surface area contributed by atoms with E-state index in [1.165, 1.54) is 35.6 Å². The van der Waals surface area contributed by atoms with Gasteiger partial charge in [0.25, 0.3) is 11.8 Å². The molecule has 1 aliphatic rings. The number of hydrogen-bond acceptors (Lipinski definition) is 7. The van der Waals surface area contributed by atoms with Crippen LogP contribution in [0.15, 0.2) is 24.4 Å². The maximum Gasteiger partial charge on any atom is 0.313 e.